The average molecular weight is 324 g/mol. The molecule has 0 spiro atoms. The highest BCUT2D eigenvalue weighted by atomic mass is 16.1. The lowest BCUT2D eigenvalue weighted by molar-refractivity contribution is -0.123. The molecular weight excluding hydrogens is 300 g/mol. The predicted molar refractivity (Wildman–Crippen MR) is 96.4 cm³/mol. The number of aromatic nitrogens is 1. The Hall–Kier alpha value is -2.14. The second-order valence-electron chi connectivity index (χ2n) is 6.84. The van der Waals surface area contributed by atoms with Crippen molar-refractivity contribution in [2.24, 2.45) is 0 Å². The predicted octanol–water partition coefficient (Wildman–Crippen LogP) is 2.03. The lowest BCUT2D eigenvalue weighted by Crippen LogP contribution is -2.43. The molecule has 2 N–H and O–H groups in total. The van der Waals surface area contributed by atoms with Crippen LogP contribution in [-0.4, -0.2) is 43.1 Å². The maximum atomic E-state index is 11.6. The number of carbonyl (C=O) groups is 1. The molecule has 1 aromatic carbocycles. The van der Waals surface area contributed by atoms with Gasteiger partial charge in [-0.05, 0) is 30.4 Å². The second kappa shape index (κ2) is 6.40. The van der Waals surface area contributed by atoms with Crippen molar-refractivity contribution in [3.05, 3.63) is 36.2 Å². The summed E-state index contributed by atoms with van der Waals surface area (Å²) in [6.07, 6.45) is 5.47. The lowest BCUT2D eigenvalue weighted by atomic mass is 9.84. The summed E-state index contributed by atoms with van der Waals surface area (Å²) in [7, 11) is 0. The first-order chi connectivity index (χ1) is 11.7. The Bertz CT molecular complexity index is 754. The number of anilines is 1. The van der Waals surface area contributed by atoms with Crippen LogP contribution >= 0.6 is 0 Å². The van der Waals surface area contributed by atoms with Gasteiger partial charge < -0.3 is 15.5 Å². The first-order valence-corrected chi connectivity index (χ1v) is 8.85. The molecule has 0 saturated carbocycles. The number of benzene rings is 1. The van der Waals surface area contributed by atoms with E-state index < -0.39 is 0 Å². The molecule has 4 rings (SSSR count). The number of pyridine rings is 1. The smallest absolute Gasteiger partial charge is 0.220 e. The van der Waals surface area contributed by atoms with E-state index in [1.165, 1.54) is 22.0 Å². The maximum Gasteiger partial charge on any atom is 0.220 e. The third-order valence-electron chi connectivity index (χ3n) is 5.34. The Labute approximate surface area is 142 Å². The van der Waals surface area contributed by atoms with E-state index in [2.05, 4.69) is 45.6 Å². The number of hydrogen-bond donors (Lipinski definition) is 2. The van der Waals surface area contributed by atoms with Crippen molar-refractivity contribution in [3.8, 4) is 0 Å². The molecule has 2 aliphatic rings. The molecule has 2 aromatic rings. The topological polar surface area (TPSA) is 57.3 Å². The lowest BCUT2D eigenvalue weighted by Gasteiger charge is -2.32. The van der Waals surface area contributed by atoms with Gasteiger partial charge in [-0.25, -0.2) is 0 Å². The van der Waals surface area contributed by atoms with Crippen LogP contribution in [0.1, 0.15) is 31.2 Å². The Morgan fingerprint density at radius 1 is 1.17 bits per heavy atom. The largest absolute Gasteiger partial charge is 0.368 e. The molecule has 2 atom stereocenters. The van der Waals surface area contributed by atoms with Gasteiger partial charge in [0, 0.05) is 68.0 Å². The van der Waals surface area contributed by atoms with Gasteiger partial charge in [-0.15, -0.1) is 0 Å². The highest BCUT2D eigenvalue weighted by molar-refractivity contribution is 5.96. The van der Waals surface area contributed by atoms with Gasteiger partial charge in [-0.2, -0.15) is 0 Å². The SMILES string of the molecule is CC1NC(=O)CCC1c1cncc2c(N3CCNCC3)cccc12. The highest BCUT2D eigenvalue weighted by Crippen LogP contribution is 2.36. The monoisotopic (exact) mass is 324 g/mol. The molecule has 126 valence electrons. The van der Waals surface area contributed by atoms with Gasteiger partial charge >= 0.3 is 0 Å². The Balaban J connectivity index is 1.76. The van der Waals surface area contributed by atoms with Gasteiger partial charge in [0.1, 0.15) is 0 Å². The summed E-state index contributed by atoms with van der Waals surface area (Å²) in [5, 5.41) is 8.99. The van der Waals surface area contributed by atoms with Crippen LogP contribution in [0.2, 0.25) is 0 Å². The van der Waals surface area contributed by atoms with E-state index in [9.17, 15) is 4.79 Å². The van der Waals surface area contributed by atoms with Crippen molar-refractivity contribution in [2.75, 3.05) is 31.1 Å². The minimum Gasteiger partial charge on any atom is -0.368 e. The number of piperidine rings is 1. The van der Waals surface area contributed by atoms with Crippen LogP contribution in [-0.2, 0) is 4.79 Å². The third-order valence-corrected chi connectivity index (χ3v) is 5.34. The van der Waals surface area contributed by atoms with Crippen LogP contribution in [0.4, 0.5) is 5.69 Å². The number of nitrogens with zero attached hydrogens (tertiary/aromatic N) is 2. The van der Waals surface area contributed by atoms with Gasteiger partial charge in [0.25, 0.3) is 0 Å². The first kappa shape index (κ1) is 15.4. The van der Waals surface area contributed by atoms with Crippen molar-refractivity contribution in [3.63, 3.8) is 0 Å². The number of carbonyl (C=O) groups excluding carboxylic acids is 1. The fraction of sp³-hybridized carbons (Fsp3) is 0.474. The van der Waals surface area contributed by atoms with Crippen LogP contribution in [0.5, 0.6) is 0 Å². The molecular formula is C19H24N4O. The van der Waals surface area contributed by atoms with E-state index in [0.29, 0.717) is 12.3 Å². The van der Waals surface area contributed by atoms with Gasteiger partial charge in [0.2, 0.25) is 5.91 Å². The summed E-state index contributed by atoms with van der Waals surface area (Å²) in [6.45, 7) is 6.20. The fourth-order valence-electron chi connectivity index (χ4n) is 4.07. The summed E-state index contributed by atoms with van der Waals surface area (Å²) in [4.78, 5) is 18.6. The fourth-order valence-corrected chi connectivity index (χ4v) is 4.07. The van der Waals surface area contributed by atoms with E-state index in [-0.39, 0.29) is 11.9 Å². The summed E-state index contributed by atoms with van der Waals surface area (Å²) in [5.41, 5.74) is 2.54. The summed E-state index contributed by atoms with van der Waals surface area (Å²) < 4.78 is 0. The zero-order chi connectivity index (χ0) is 16.5. The normalized spacial score (nSPS) is 24.9. The van der Waals surface area contributed by atoms with E-state index in [0.717, 1.165) is 32.6 Å². The second-order valence-corrected chi connectivity index (χ2v) is 6.84. The molecule has 24 heavy (non-hydrogen) atoms. The van der Waals surface area contributed by atoms with E-state index >= 15 is 0 Å². The van der Waals surface area contributed by atoms with E-state index in [1.807, 2.05) is 12.4 Å². The molecule has 0 radical (unpaired) electrons. The molecule has 0 aliphatic carbocycles. The van der Waals surface area contributed by atoms with Crippen LogP contribution in [0.3, 0.4) is 0 Å². The quantitative estimate of drug-likeness (QED) is 0.887. The molecule has 2 saturated heterocycles. The minimum absolute atomic E-state index is 0.154. The molecule has 1 aromatic heterocycles. The Morgan fingerprint density at radius 2 is 2.00 bits per heavy atom. The van der Waals surface area contributed by atoms with Crippen molar-refractivity contribution >= 4 is 22.4 Å². The third kappa shape index (κ3) is 2.73. The maximum absolute atomic E-state index is 11.6. The molecule has 1 amide bonds. The van der Waals surface area contributed by atoms with Crippen molar-refractivity contribution in [1.29, 1.82) is 0 Å². The van der Waals surface area contributed by atoms with Crippen LogP contribution in [0.25, 0.3) is 10.8 Å². The molecule has 2 fully saturated rings. The standard InChI is InChI=1S/C19H24N4O/c1-13-14(5-6-19(24)22-13)16-11-21-12-17-15(16)3-2-4-18(17)23-9-7-20-8-10-23/h2-4,11-14,20H,5-10H2,1H3,(H,22,24). The van der Waals surface area contributed by atoms with E-state index in [1.54, 1.807) is 0 Å². The van der Waals surface area contributed by atoms with Gasteiger partial charge in [0.05, 0.1) is 0 Å². The number of piperazine rings is 1. The average Bonchev–Trinajstić information content (AvgIpc) is 2.62. The number of rotatable bonds is 2. The molecule has 2 unspecified atom stereocenters. The summed E-state index contributed by atoms with van der Waals surface area (Å²) in [6, 6.07) is 6.70. The number of nitrogens with one attached hydrogen (secondary N) is 2. The van der Waals surface area contributed by atoms with E-state index in [4.69, 9.17) is 0 Å². The molecule has 5 heteroatoms. The van der Waals surface area contributed by atoms with Gasteiger partial charge in [-0.1, -0.05) is 12.1 Å². The van der Waals surface area contributed by atoms with Crippen molar-refractivity contribution in [1.82, 2.24) is 15.6 Å². The molecule has 2 aliphatic heterocycles. The Kier molecular flexibility index (Phi) is 4.10. The zero-order valence-electron chi connectivity index (χ0n) is 14.1. The van der Waals surface area contributed by atoms with Crippen LogP contribution in [0, 0.1) is 0 Å². The van der Waals surface area contributed by atoms with Crippen molar-refractivity contribution < 1.29 is 4.79 Å². The van der Waals surface area contributed by atoms with Gasteiger partial charge in [-0.3, -0.25) is 9.78 Å². The summed E-state index contributed by atoms with van der Waals surface area (Å²) in [5.74, 6) is 0.491. The molecule has 0 bridgehead atoms. The van der Waals surface area contributed by atoms with Crippen LogP contribution < -0.4 is 15.5 Å². The summed E-state index contributed by atoms with van der Waals surface area (Å²) >= 11 is 0. The number of fused-ring (bicyclic) bond motifs is 1. The highest BCUT2D eigenvalue weighted by Gasteiger charge is 2.28. The Morgan fingerprint density at radius 3 is 2.79 bits per heavy atom. The van der Waals surface area contributed by atoms with Crippen molar-refractivity contribution in [2.45, 2.75) is 31.7 Å². The first-order valence-electron chi connectivity index (χ1n) is 8.85. The number of amides is 1. The molecule has 3 heterocycles. The minimum atomic E-state index is 0.154. The number of hydrogen-bond acceptors (Lipinski definition) is 4. The van der Waals surface area contributed by atoms with Crippen LogP contribution in [0.15, 0.2) is 30.6 Å². The molecule has 5 nitrogen and oxygen atoms in total. The van der Waals surface area contributed by atoms with Gasteiger partial charge in [0.15, 0.2) is 0 Å². The zero-order valence-corrected chi connectivity index (χ0v) is 14.1.